The Morgan fingerprint density at radius 2 is 2.00 bits per heavy atom. The summed E-state index contributed by atoms with van der Waals surface area (Å²) in [4.78, 5) is 13.9. The van der Waals surface area contributed by atoms with Crippen molar-refractivity contribution < 1.29 is 4.79 Å². The van der Waals surface area contributed by atoms with Crippen LogP contribution in [0.3, 0.4) is 0 Å². The highest BCUT2D eigenvalue weighted by Gasteiger charge is 2.23. The van der Waals surface area contributed by atoms with Crippen LogP contribution in [0.25, 0.3) is 0 Å². The molecule has 1 aromatic carbocycles. The van der Waals surface area contributed by atoms with Crippen molar-refractivity contribution in [2.75, 3.05) is 13.1 Å². The van der Waals surface area contributed by atoms with E-state index in [4.69, 9.17) is 23.7 Å². The predicted octanol–water partition coefficient (Wildman–Crippen LogP) is 1.02. The molecule has 0 aliphatic carbocycles. The van der Waals surface area contributed by atoms with Gasteiger partial charge < -0.3 is 11.5 Å². The maximum atomic E-state index is 11.2. The van der Waals surface area contributed by atoms with Crippen molar-refractivity contribution in [1.82, 2.24) is 4.90 Å². The van der Waals surface area contributed by atoms with Crippen LogP contribution in [-0.4, -0.2) is 28.9 Å². The fourth-order valence-corrected chi connectivity index (χ4v) is 2.60. The Kier molecular flexibility index (Phi) is 4.50. The largest absolute Gasteiger partial charge is 0.389 e. The third-order valence-corrected chi connectivity index (χ3v) is 3.79. The molecule has 1 fully saturated rings. The number of carbonyl (C=O) groups is 1. The Morgan fingerprint density at radius 1 is 1.32 bits per heavy atom. The maximum absolute atomic E-state index is 11.2. The molecule has 2 rings (SSSR count). The van der Waals surface area contributed by atoms with E-state index < -0.39 is 0 Å². The number of likely N-dealkylation sites (tertiary alicyclic amines) is 1. The lowest BCUT2D eigenvalue weighted by Crippen LogP contribution is -2.40. The predicted molar refractivity (Wildman–Crippen MR) is 79.5 cm³/mol. The quantitative estimate of drug-likeness (QED) is 0.806. The number of rotatable bonds is 4. The second kappa shape index (κ2) is 6.12. The highest BCUT2D eigenvalue weighted by atomic mass is 32.1. The van der Waals surface area contributed by atoms with Crippen molar-refractivity contribution in [2.24, 2.45) is 17.4 Å². The van der Waals surface area contributed by atoms with Crippen LogP contribution < -0.4 is 11.5 Å². The van der Waals surface area contributed by atoms with Gasteiger partial charge in [-0.15, -0.1) is 0 Å². The van der Waals surface area contributed by atoms with Crippen molar-refractivity contribution in [3.63, 3.8) is 0 Å². The molecule has 4 nitrogen and oxygen atoms in total. The van der Waals surface area contributed by atoms with Gasteiger partial charge in [-0.3, -0.25) is 9.69 Å². The van der Waals surface area contributed by atoms with Gasteiger partial charge in [0.05, 0.1) is 5.92 Å². The molecular weight excluding hydrogens is 258 g/mol. The molecule has 0 aromatic heterocycles. The molecule has 1 aromatic rings. The molecule has 1 aliphatic heterocycles. The summed E-state index contributed by atoms with van der Waals surface area (Å²) in [6.45, 7) is 2.61. The number of hydrogen-bond donors (Lipinski definition) is 2. The molecule has 5 heteroatoms. The van der Waals surface area contributed by atoms with Crippen LogP contribution in [-0.2, 0) is 11.3 Å². The first-order chi connectivity index (χ1) is 9.06. The van der Waals surface area contributed by atoms with Crippen molar-refractivity contribution in [2.45, 2.75) is 19.4 Å². The second-order valence-corrected chi connectivity index (χ2v) is 5.48. The molecule has 1 aliphatic rings. The van der Waals surface area contributed by atoms with Crippen LogP contribution >= 0.6 is 12.2 Å². The first kappa shape index (κ1) is 14.0. The number of hydrogen-bond acceptors (Lipinski definition) is 3. The molecule has 0 spiro atoms. The molecule has 1 heterocycles. The molecule has 1 unspecified atom stereocenters. The van der Waals surface area contributed by atoms with E-state index >= 15 is 0 Å². The fraction of sp³-hybridized carbons (Fsp3) is 0.429. The van der Waals surface area contributed by atoms with Crippen LogP contribution in [0, 0.1) is 5.92 Å². The van der Waals surface area contributed by atoms with E-state index in [0.29, 0.717) is 4.99 Å². The van der Waals surface area contributed by atoms with Crippen LogP contribution in [0.5, 0.6) is 0 Å². The maximum Gasteiger partial charge on any atom is 0.221 e. The zero-order valence-electron chi connectivity index (χ0n) is 10.8. The van der Waals surface area contributed by atoms with Gasteiger partial charge in [0.1, 0.15) is 4.99 Å². The summed E-state index contributed by atoms with van der Waals surface area (Å²) < 4.78 is 0. The van der Waals surface area contributed by atoms with Crippen LogP contribution in [0.2, 0.25) is 0 Å². The SMILES string of the molecule is NC(=O)C1CCCN(Cc2ccc(C(N)=S)cc2)C1. The van der Waals surface area contributed by atoms with Gasteiger partial charge in [-0.1, -0.05) is 36.5 Å². The van der Waals surface area contributed by atoms with Crippen molar-refractivity contribution >= 4 is 23.1 Å². The third-order valence-electron chi connectivity index (χ3n) is 3.55. The lowest BCUT2D eigenvalue weighted by molar-refractivity contribution is -0.123. The van der Waals surface area contributed by atoms with E-state index in [0.717, 1.165) is 38.0 Å². The lowest BCUT2D eigenvalue weighted by atomic mass is 9.97. The summed E-state index contributed by atoms with van der Waals surface area (Å²) in [5.74, 6) is -0.196. The number of thiocarbonyl (C=S) groups is 1. The first-order valence-electron chi connectivity index (χ1n) is 6.46. The average Bonchev–Trinajstić information content (AvgIpc) is 2.39. The minimum absolute atomic E-state index is 0.00959. The molecule has 19 heavy (non-hydrogen) atoms. The number of carbonyl (C=O) groups excluding carboxylic acids is 1. The van der Waals surface area contributed by atoms with Crippen LogP contribution in [0.4, 0.5) is 0 Å². The number of nitrogens with zero attached hydrogens (tertiary/aromatic N) is 1. The van der Waals surface area contributed by atoms with Gasteiger partial charge in [0.15, 0.2) is 0 Å². The Morgan fingerprint density at radius 3 is 2.58 bits per heavy atom. The Hall–Kier alpha value is -1.46. The van der Waals surface area contributed by atoms with Gasteiger partial charge in [0.2, 0.25) is 5.91 Å². The lowest BCUT2D eigenvalue weighted by Gasteiger charge is -2.31. The van der Waals surface area contributed by atoms with E-state index in [-0.39, 0.29) is 11.8 Å². The molecule has 0 saturated carbocycles. The van der Waals surface area contributed by atoms with E-state index in [1.165, 1.54) is 5.56 Å². The summed E-state index contributed by atoms with van der Waals surface area (Å²) in [5.41, 5.74) is 13.0. The molecule has 1 saturated heterocycles. The van der Waals surface area contributed by atoms with Crippen LogP contribution in [0.1, 0.15) is 24.0 Å². The number of primary amides is 1. The molecule has 1 amide bonds. The standard InChI is InChI=1S/C14H19N3OS/c15-13(18)12-2-1-7-17(9-12)8-10-3-5-11(6-4-10)14(16)19/h3-6,12H,1-2,7-9H2,(H2,15,18)(H2,16,19). The first-order valence-corrected chi connectivity index (χ1v) is 6.87. The summed E-state index contributed by atoms with van der Waals surface area (Å²) in [6.07, 6.45) is 1.94. The summed E-state index contributed by atoms with van der Waals surface area (Å²) in [6, 6.07) is 7.94. The van der Waals surface area contributed by atoms with E-state index in [1.807, 2.05) is 24.3 Å². The zero-order valence-corrected chi connectivity index (χ0v) is 11.7. The van der Waals surface area contributed by atoms with Gasteiger partial charge in [0.25, 0.3) is 0 Å². The Balaban J connectivity index is 1.96. The monoisotopic (exact) mass is 277 g/mol. The summed E-state index contributed by atoms with van der Waals surface area (Å²) >= 11 is 4.93. The number of benzene rings is 1. The molecule has 4 N–H and O–H groups in total. The van der Waals surface area contributed by atoms with Crippen molar-refractivity contribution in [3.05, 3.63) is 35.4 Å². The number of amides is 1. The molecular formula is C14H19N3OS. The molecule has 0 radical (unpaired) electrons. The molecule has 0 bridgehead atoms. The fourth-order valence-electron chi connectivity index (χ4n) is 2.46. The van der Waals surface area contributed by atoms with Gasteiger partial charge in [-0.25, -0.2) is 0 Å². The Labute approximate surface area is 118 Å². The minimum Gasteiger partial charge on any atom is -0.389 e. The van der Waals surface area contributed by atoms with Crippen LogP contribution in [0.15, 0.2) is 24.3 Å². The number of piperidine rings is 1. The number of nitrogens with two attached hydrogens (primary N) is 2. The topological polar surface area (TPSA) is 72.4 Å². The normalized spacial score (nSPS) is 20.1. The second-order valence-electron chi connectivity index (χ2n) is 5.04. The van der Waals surface area contributed by atoms with E-state index in [1.54, 1.807) is 0 Å². The highest BCUT2D eigenvalue weighted by Crippen LogP contribution is 2.18. The minimum atomic E-state index is -0.187. The van der Waals surface area contributed by atoms with Gasteiger partial charge in [0, 0.05) is 18.7 Å². The average molecular weight is 277 g/mol. The van der Waals surface area contributed by atoms with Crippen molar-refractivity contribution in [3.8, 4) is 0 Å². The third kappa shape index (κ3) is 3.75. The smallest absolute Gasteiger partial charge is 0.221 e. The van der Waals surface area contributed by atoms with E-state index in [2.05, 4.69) is 4.90 Å². The summed E-state index contributed by atoms with van der Waals surface area (Å²) in [7, 11) is 0. The summed E-state index contributed by atoms with van der Waals surface area (Å²) in [5, 5.41) is 0. The molecule has 102 valence electrons. The zero-order chi connectivity index (χ0) is 13.8. The van der Waals surface area contributed by atoms with Gasteiger partial charge in [-0.2, -0.15) is 0 Å². The van der Waals surface area contributed by atoms with Crippen molar-refractivity contribution in [1.29, 1.82) is 0 Å². The van der Waals surface area contributed by atoms with Gasteiger partial charge >= 0.3 is 0 Å². The highest BCUT2D eigenvalue weighted by molar-refractivity contribution is 7.80. The Bertz CT molecular complexity index is 472. The van der Waals surface area contributed by atoms with E-state index in [9.17, 15) is 4.79 Å². The molecule has 1 atom stereocenters. The van der Waals surface area contributed by atoms with Gasteiger partial charge in [-0.05, 0) is 24.9 Å².